The molecule has 1 unspecified atom stereocenters. The lowest BCUT2D eigenvalue weighted by Gasteiger charge is -2.39. The number of carbonyl (C=O) groups excluding carboxylic acids is 1. The third kappa shape index (κ3) is 2.92. The molecule has 2 aliphatic heterocycles. The molecule has 1 atom stereocenters. The van der Waals surface area contributed by atoms with Crippen molar-refractivity contribution < 1.29 is 13.2 Å². The first kappa shape index (κ1) is 15.9. The Balaban J connectivity index is 1.82. The largest absolute Gasteiger partial charge is 0.337 e. The molecule has 3 N–H and O–H groups in total. The summed E-state index contributed by atoms with van der Waals surface area (Å²) in [6, 6.07) is 1.42. The van der Waals surface area contributed by atoms with Crippen LogP contribution in [0.5, 0.6) is 0 Å². The summed E-state index contributed by atoms with van der Waals surface area (Å²) in [7, 11) is -3.77. The molecule has 1 spiro atoms. The van der Waals surface area contributed by atoms with E-state index < -0.39 is 10.0 Å². The Morgan fingerprint density at radius 3 is 2.82 bits per heavy atom. The van der Waals surface area contributed by atoms with Gasteiger partial charge in [0.15, 0.2) is 0 Å². The summed E-state index contributed by atoms with van der Waals surface area (Å²) in [5.41, 5.74) is 0.197. The molecule has 0 aromatic carbocycles. The maximum absolute atomic E-state index is 12.7. The molecule has 3 rings (SSSR count). The van der Waals surface area contributed by atoms with Crippen LogP contribution in [-0.2, 0) is 10.0 Å². The van der Waals surface area contributed by atoms with Gasteiger partial charge in [0.25, 0.3) is 5.91 Å². The smallest absolute Gasteiger partial charge is 0.263 e. The number of nitrogens with zero attached hydrogens (tertiary/aromatic N) is 1. The first-order valence-corrected chi connectivity index (χ1v) is 9.80. The number of aryl methyl sites for hydroxylation is 1. The molecule has 0 bridgehead atoms. The molecule has 1 aromatic rings. The van der Waals surface area contributed by atoms with Crippen LogP contribution in [0.4, 0.5) is 0 Å². The van der Waals surface area contributed by atoms with Gasteiger partial charge in [-0.25, -0.2) is 13.6 Å². The lowest BCUT2D eigenvalue weighted by atomic mass is 9.79. The van der Waals surface area contributed by atoms with Gasteiger partial charge >= 0.3 is 0 Å². The molecule has 6 nitrogen and oxygen atoms in total. The van der Waals surface area contributed by atoms with E-state index in [9.17, 15) is 13.2 Å². The van der Waals surface area contributed by atoms with Crippen LogP contribution in [0.15, 0.2) is 11.0 Å². The number of piperidine rings is 1. The summed E-state index contributed by atoms with van der Waals surface area (Å²) >= 11 is 1.21. The summed E-state index contributed by atoms with van der Waals surface area (Å²) in [5.74, 6) is -0.0750. The zero-order valence-electron chi connectivity index (χ0n) is 12.6. The summed E-state index contributed by atoms with van der Waals surface area (Å²) in [6.45, 7) is 5.14. The number of carbonyl (C=O) groups is 1. The molecule has 3 heterocycles. The van der Waals surface area contributed by atoms with Crippen LogP contribution in [0.1, 0.15) is 33.8 Å². The molecule has 0 saturated carbocycles. The average molecular weight is 343 g/mol. The highest BCUT2D eigenvalue weighted by Gasteiger charge is 2.39. The predicted octanol–water partition coefficient (Wildman–Crippen LogP) is 0.920. The second-order valence-electron chi connectivity index (χ2n) is 6.33. The number of nitrogens with one attached hydrogen (secondary N) is 1. The molecule has 0 radical (unpaired) electrons. The summed E-state index contributed by atoms with van der Waals surface area (Å²) < 4.78 is 23.0. The van der Waals surface area contributed by atoms with Crippen LogP contribution < -0.4 is 10.5 Å². The first-order chi connectivity index (χ1) is 10.3. The summed E-state index contributed by atoms with van der Waals surface area (Å²) in [4.78, 5) is 15.7. The van der Waals surface area contributed by atoms with E-state index in [0.29, 0.717) is 9.75 Å². The topological polar surface area (TPSA) is 92.5 Å². The maximum Gasteiger partial charge on any atom is 0.263 e. The summed E-state index contributed by atoms with van der Waals surface area (Å²) in [6.07, 6.45) is 3.25. The minimum atomic E-state index is -3.77. The van der Waals surface area contributed by atoms with E-state index in [1.54, 1.807) is 6.92 Å². The quantitative estimate of drug-likeness (QED) is 0.835. The van der Waals surface area contributed by atoms with Crippen LogP contribution >= 0.6 is 11.3 Å². The minimum absolute atomic E-state index is 0.0649. The van der Waals surface area contributed by atoms with Crippen LogP contribution in [-0.4, -0.2) is 45.4 Å². The van der Waals surface area contributed by atoms with Crippen LogP contribution in [0, 0.1) is 12.3 Å². The second-order valence-corrected chi connectivity index (χ2v) is 9.12. The zero-order valence-corrected chi connectivity index (χ0v) is 14.2. The minimum Gasteiger partial charge on any atom is -0.337 e. The van der Waals surface area contributed by atoms with Gasteiger partial charge in [-0.3, -0.25) is 4.79 Å². The second kappa shape index (κ2) is 5.59. The Labute approximate surface area is 134 Å². The molecule has 1 amide bonds. The highest BCUT2D eigenvalue weighted by molar-refractivity contribution is 7.89. The van der Waals surface area contributed by atoms with Gasteiger partial charge in [0.1, 0.15) is 0 Å². The van der Waals surface area contributed by atoms with Crippen molar-refractivity contribution in [3.63, 3.8) is 0 Å². The lowest BCUT2D eigenvalue weighted by Crippen LogP contribution is -2.46. The summed E-state index contributed by atoms with van der Waals surface area (Å²) in [5, 5.41) is 8.57. The number of hydrogen-bond donors (Lipinski definition) is 2. The van der Waals surface area contributed by atoms with Crippen molar-refractivity contribution in [1.29, 1.82) is 0 Å². The van der Waals surface area contributed by atoms with Gasteiger partial charge in [-0.1, -0.05) is 0 Å². The number of hydrogen-bond acceptors (Lipinski definition) is 5. The Morgan fingerprint density at radius 1 is 1.45 bits per heavy atom. The maximum atomic E-state index is 12.7. The molecule has 8 heteroatoms. The van der Waals surface area contributed by atoms with Crippen LogP contribution in [0.2, 0.25) is 0 Å². The van der Waals surface area contributed by atoms with Gasteiger partial charge in [-0.15, -0.1) is 11.3 Å². The number of thiophene rings is 1. The van der Waals surface area contributed by atoms with Gasteiger partial charge in [-0.05, 0) is 38.8 Å². The molecular formula is C14H21N3O3S2. The van der Waals surface area contributed by atoms with E-state index in [0.717, 1.165) is 45.4 Å². The fourth-order valence-corrected chi connectivity index (χ4v) is 5.65. The molecule has 22 heavy (non-hydrogen) atoms. The number of rotatable bonds is 2. The van der Waals surface area contributed by atoms with Crippen molar-refractivity contribution in [2.75, 3.05) is 26.2 Å². The third-order valence-corrected chi connectivity index (χ3v) is 6.88. The highest BCUT2D eigenvalue weighted by Crippen LogP contribution is 2.36. The Hall–Kier alpha value is -0.960. The van der Waals surface area contributed by atoms with E-state index >= 15 is 0 Å². The SMILES string of the molecule is Cc1sc(C(=O)N2CCCC3(CCNC3)C2)cc1S(N)(=O)=O. The molecule has 122 valence electrons. The van der Waals surface area contributed by atoms with Gasteiger partial charge in [-0.2, -0.15) is 0 Å². The fraction of sp³-hybridized carbons (Fsp3) is 0.643. The molecule has 2 aliphatic rings. The third-order valence-electron chi connectivity index (χ3n) is 4.67. The molecule has 1 aromatic heterocycles. The van der Waals surface area contributed by atoms with Crippen molar-refractivity contribution in [2.45, 2.75) is 31.1 Å². The predicted molar refractivity (Wildman–Crippen MR) is 85.5 cm³/mol. The van der Waals surface area contributed by atoms with Crippen molar-refractivity contribution >= 4 is 27.3 Å². The molecular weight excluding hydrogens is 322 g/mol. The standard InChI is InChI=1S/C14H21N3O3S2/c1-10-12(22(15,19)20)7-11(21-10)13(18)17-6-2-3-14(9-17)4-5-16-8-14/h7,16H,2-6,8-9H2,1H3,(H2,15,19,20). The van der Waals surface area contributed by atoms with E-state index in [-0.39, 0.29) is 16.2 Å². The lowest BCUT2D eigenvalue weighted by molar-refractivity contribution is 0.0558. The molecule has 2 fully saturated rings. The average Bonchev–Trinajstić information content (AvgIpc) is 3.05. The zero-order chi connectivity index (χ0) is 16.0. The van der Waals surface area contributed by atoms with E-state index in [1.807, 2.05) is 4.90 Å². The Kier molecular flexibility index (Phi) is 4.05. The first-order valence-electron chi connectivity index (χ1n) is 7.44. The van der Waals surface area contributed by atoms with E-state index in [4.69, 9.17) is 5.14 Å². The van der Waals surface area contributed by atoms with Crippen molar-refractivity contribution in [2.24, 2.45) is 10.6 Å². The van der Waals surface area contributed by atoms with Gasteiger partial charge in [0.2, 0.25) is 10.0 Å². The number of primary sulfonamides is 1. The van der Waals surface area contributed by atoms with Crippen LogP contribution in [0.25, 0.3) is 0 Å². The number of likely N-dealkylation sites (tertiary alicyclic amines) is 1. The number of amides is 1. The molecule has 2 saturated heterocycles. The van der Waals surface area contributed by atoms with Crippen LogP contribution in [0.3, 0.4) is 0 Å². The Morgan fingerprint density at radius 2 is 2.23 bits per heavy atom. The van der Waals surface area contributed by atoms with Gasteiger partial charge in [0.05, 0.1) is 9.77 Å². The monoisotopic (exact) mass is 343 g/mol. The molecule has 0 aliphatic carbocycles. The van der Waals surface area contributed by atoms with Gasteiger partial charge in [0, 0.05) is 29.9 Å². The number of sulfonamides is 1. The normalized spacial score (nSPS) is 25.8. The number of nitrogens with two attached hydrogens (primary N) is 1. The van der Waals surface area contributed by atoms with E-state index in [1.165, 1.54) is 17.4 Å². The van der Waals surface area contributed by atoms with Crippen molar-refractivity contribution in [3.05, 3.63) is 15.8 Å². The Bertz CT molecular complexity index is 690. The highest BCUT2D eigenvalue weighted by atomic mass is 32.2. The van der Waals surface area contributed by atoms with Gasteiger partial charge < -0.3 is 10.2 Å². The van der Waals surface area contributed by atoms with Crippen molar-refractivity contribution in [1.82, 2.24) is 10.2 Å². The van der Waals surface area contributed by atoms with E-state index in [2.05, 4.69) is 5.32 Å². The van der Waals surface area contributed by atoms with Crippen molar-refractivity contribution in [3.8, 4) is 0 Å². The fourth-order valence-electron chi connectivity index (χ4n) is 3.53.